The molecule has 39 heavy (non-hydrogen) atoms. The van der Waals surface area contributed by atoms with Gasteiger partial charge in [0.1, 0.15) is 5.75 Å². The van der Waals surface area contributed by atoms with Gasteiger partial charge in [0, 0.05) is 16.5 Å². The Morgan fingerprint density at radius 3 is 2.56 bits per heavy atom. The van der Waals surface area contributed by atoms with Gasteiger partial charge >= 0.3 is 0 Å². The largest absolute Gasteiger partial charge is 0.495 e. The summed E-state index contributed by atoms with van der Waals surface area (Å²) in [5.74, 6) is 1.63. The second kappa shape index (κ2) is 11.3. The number of aromatic nitrogens is 1. The monoisotopic (exact) mass is 541 g/mol. The highest BCUT2D eigenvalue weighted by atomic mass is 32.1. The second-order valence-corrected chi connectivity index (χ2v) is 10.1. The number of amides is 1. The number of nitrogens with zero attached hydrogens (tertiary/aromatic N) is 1. The number of nitrogens with one attached hydrogen (secondary N) is 1. The standard InChI is InChI=1S/C31H31N3O4S/c1-18-11-23(16-28(37-3)30(18)38-4)29-24(17-39-34-29)22-9-10-27(36-2)26(15-22)33-31(35)25(32)14-19-12-20-7-5-6-8-21(20)13-19/h5-12,15-17,25H,13-14,32H2,1-4H3,(H,33,35)/t25-/m1/s1. The van der Waals surface area contributed by atoms with E-state index in [2.05, 4.69) is 27.9 Å². The smallest absolute Gasteiger partial charge is 0.241 e. The molecular formula is C31H31N3O4S. The highest BCUT2D eigenvalue weighted by Crippen LogP contribution is 2.41. The first-order valence-corrected chi connectivity index (χ1v) is 13.4. The predicted octanol–water partition coefficient (Wildman–Crippen LogP) is 6.11. The fraction of sp³-hybridized carbons (Fsp3) is 0.226. The minimum Gasteiger partial charge on any atom is -0.495 e. The van der Waals surface area contributed by atoms with Gasteiger partial charge in [-0.1, -0.05) is 42.0 Å². The molecule has 4 aromatic rings. The molecular weight excluding hydrogens is 510 g/mol. The lowest BCUT2D eigenvalue weighted by Crippen LogP contribution is -2.36. The molecule has 3 N–H and O–H groups in total. The molecule has 0 saturated carbocycles. The molecule has 0 bridgehead atoms. The number of hydrogen-bond acceptors (Lipinski definition) is 7. The highest BCUT2D eigenvalue weighted by Gasteiger charge is 2.22. The number of methoxy groups -OCH3 is 3. The fourth-order valence-corrected chi connectivity index (χ4v) is 5.71. The number of carbonyl (C=O) groups is 1. The van der Waals surface area contributed by atoms with E-state index in [9.17, 15) is 4.79 Å². The molecule has 0 spiro atoms. The Labute approximate surface area is 232 Å². The number of carbonyl (C=O) groups excluding carboxylic acids is 1. The average Bonchev–Trinajstić information content (AvgIpc) is 3.59. The molecule has 1 heterocycles. The zero-order valence-electron chi connectivity index (χ0n) is 22.4. The van der Waals surface area contributed by atoms with E-state index in [1.54, 1.807) is 21.3 Å². The van der Waals surface area contributed by atoms with E-state index in [4.69, 9.17) is 19.9 Å². The van der Waals surface area contributed by atoms with Gasteiger partial charge in [0.05, 0.1) is 38.8 Å². The zero-order valence-corrected chi connectivity index (χ0v) is 23.2. The fourth-order valence-electron chi connectivity index (χ4n) is 5.00. The van der Waals surface area contributed by atoms with Crippen molar-refractivity contribution < 1.29 is 19.0 Å². The van der Waals surface area contributed by atoms with Gasteiger partial charge in [0.2, 0.25) is 5.91 Å². The van der Waals surface area contributed by atoms with Gasteiger partial charge < -0.3 is 25.3 Å². The Kier molecular flexibility index (Phi) is 7.67. The van der Waals surface area contributed by atoms with Crippen LogP contribution in [-0.2, 0) is 11.2 Å². The van der Waals surface area contributed by atoms with E-state index in [0.29, 0.717) is 29.4 Å². The maximum atomic E-state index is 13.1. The number of fused-ring (bicyclic) bond motifs is 1. The van der Waals surface area contributed by atoms with Gasteiger partial charge in [-0.3, -0.25) is 4.79 Å². The number of benzene rings is 3. The van der Waals surface area contributed by atoms with Crippen LogP contribution in [0, 0.1) is 6.92 Å². The summed E-state index contributed by atoms with van der Waals surface area (Å²) < 4.78 is 21.3. The molecule has 7 nitrogen and oxygen atoms in total. The average molecular weight is 542 g/mol. The van der Waals surface area contributed by atoms with Crippen LogP contribution < -0.4 is 25.3 Å². The lowest BCUT2D eigenvalue weighted by atomic mass is 9.99. The highest BCUT2D eigenvalue weighted by molar-refractivity contribution is 7.04. The number of nitrogens with two attached hydrogens (primary N) is 1. The molecule has 0 fully saturated rings. The third-order valence-electron chi connectivity index (χ3n) is 6.93. The molecule has 0 aliphatic heterocycles. The quantitative estimate of drug-likeness (QED) is 0.266. The maximum absolute atomic E-state index is 13.1. The van der Waals surface area contributed by atoms with E-state index in [1.807, 2.05) is 54.8 Å². The normalized spacial score (nSPS) is 12.9. The van der Waals surface area contributed by atoms with E-state index < -0.39 is 6.04 Å². The molecule has 1 amide bonds. The summed E-state index contributed by atoms with van der Waals surface area (Å²) in [6, 6.07) is 17.2. The summed E-state index contributed by atoms with van der Waals surface area (Å²) in [5.41, 5.74) is 15.0. The molecule has 1 aromatic heterocycles. The molecule has 5 rings (SSSR count). The van der Waals surface area contributed by atoms with Crippen molar-refractivity contribution in [2.45, 2.75) is 25.8 Å². The van der Waals surface area contributed by atoms with E-state index in [-0.39, 0.29) is 5.91 Å². The Bertz CT molecular complexity index is 1560. The van der Waals surface area contributed by atoms with Crippen molar-refractivity contribution in [1.29, 1.82) is 0 Å². The van der Waals surface area contributed by atoms with Crippen molar-refractivity contribution in [2.24, 2.45) is 5.73 Å². The molecule has 0 radical (unpaired) electrons. The van der Waals surface area contributed by atoms with Gasteiger partial charge in [0.25, 0.3) is 0 Å². The maximum Gasteiger partial charge on any atom is 0.241 e. The SMILES string of the molecule is COc1ccc(-c2csnc2-c2cc(C)c(OC)c(OC)c2)cc1NC(=O)[C@H](N)CC1=Cc2ccccc2C1. The van der Waals surface area contributed by atoms with E-state index in [0.717, 1.165) is 39.9 Å². The van der Waals surface area contributed by atoms with Crippen LogP contribution >= 0.6 is 11.5 Å². The van der Waals surface area contributed by atoms with Crippen molar-refractivity contribution in [3.63, 3.8) is 0 Å². The van der Waals surface area contributed by atoms with Crippen molar-refractivity contribution in [2.75, 3.05) is 26.6 Å². The number of rotatable bonds is 9. The van der Waals surface area contributed by atoms with Crippen molar-refractivity contribution in [3.05, 3.63) is 82.2 Å². The van der Waals surface area contributed by atoms with Crippen molar-refractivity contribution in [1.82, 2.24) is 4.37 Å². The Morgan fingerprint density at radius 1 is 1.03 bits per heavy atom. The Balaban J connectivity index is 1.39. The Morgan fingerprint density at radius 2 is 1.82 bits per heavy atom. The molecule has 1 aliphatic rings. The summed E-state index contributed by atoms with van der Waals surface area (Å²) in [5, 5.41) is 4.98. The molecule has 3 aromatic carbocycles. The van der Waals surface area contributed by atoms with E-state index in [1.165, 1.54) is 22.7 Å². The molecule has 0 saturated heterocycles. The molecule has 1 aliphatic carbocycles. The van der Waals surface area contributed by atoms with Crippen molar-refractivity contribution >= 4 is 29.2 Å². The predicted molar refractivity (Wildman–Crippen MR) is 157 cm³/mol. The van der Waals surface area contributed by atoms with Crippen LogP contribution in [0.15, 0.2) is 65.6 Å². The number of hydrogen-bond donors (Lipinski definition) is 2. The van der Waals surface area contributed by atoms with Crippen LogP contribution in [0.1, 0.15) is 23.1 Å². The topological polar surface area (TPSA) is 95.7 Å². The number of anilines is 1. The van der Waals surface area contributed by atoms with Crippen LogP contribution in [-0.4, -0.2) is 37.7 Å². The summed E-state index contributed by atoms with van der Waals surface area (Å²) >= 11 is 1.37. The minimum atomic E-state index is -0.688. The van der Waals surface area contributed by atoms with E-state index >= 15 is 0 Å². The minimum absolute atomic E-state index is 0.263. The van der Waals surface area contributed by atoms with Gasteiger partial charge in [0.15, 0.2) is 11.5 Å². The summed E-state index contributed by atoms with van der Waals surface area (Å²) in [4.78, 5) is 13.1. The Hall–Kier alpha value is -4.14. The third-order valence-corrected chi connectivity index (χ3v) is 7.56. The first kappa shape index (κ1) is 26.5. The van der Waals surface area contributed by atoms with Crippen LogP contribution in [0.25, 0.3) is 28.5 Å². The zero-order chi connectivity index (χ0) is 27.5. The lowest BCUT2D eigenvalue weighted by Gasteiger charge is -2.16. The summed E-state index contributed by atoms with van der Waals surface area (Å²) in [7, 11) is 4.82. The van der Waals surface area contributed by atoms with Gasteiger partial charge in [-0.2, -0.15) is 4.37 Å². The third kappa shape index (κ3) is 5.39. The van der Waals surface area contributed by atoms with Crippen LogP contribution in [0.2, 0.25) is 0 Å². The number of aryl methyl sites for hydroxylation is 1. The molecule has 200 valence electrons. The first-order chi connectivity index (χ1) is 18.9. The van der Waals surface area contributed by atoms with Crippen LogP contribution in [0.4, 0.5) is 5.69 Å². The van der Waals surface area contributed by atoms with Gasteiger partial charge in [-0.15, -0.1) is 0 Å². The molecule has 8 heteroatoms. The van der Waals surface area contributed by atoms with Gasteiger partial charge in [-0.05, 0) is 77.8 Å². The van der Waals surface area contributed by atoms with Gasteiger partial charge in [-0.25, -0.2) is 0 Å². The summed E-state index contributed by atoms with van der Waals surface area (Å²) in [6.45, 7) is 1.97. The second-order valence-electron chi connectivity index (χ2n) is 9.50. The molecule has 0 unspecified atom stereocenters. The summed E-state index contributed by atoms with van der Waals surface area (Å²) in [6.07, 6.45) is 3.43. The first-order valence-electron chi connectivity index (χ1n) is 12.6. The van der Waals surface area contributed by atoms with Crippen LogP contribution in [0.5, 0.6) is 17.2 Å². The lowest BCUT2D eigenvalue weighted by molar-refractivity contribution is -0.117. The molecule has 1 atom stereocenters. The van der Waals surface area contributed by atoms with Crippen LogP contribution in [0.3, 0.4) is 0 Å². The number of ether oxygens (including phenoxy) is 3. The van der Waals surface area contributed by atoms with Crippen molar-refractivity contribution in [3.8, 4) is 39.6 Å².